The van der Waals surface area contributed by atoms with Crippen LogP contribution in [0.1, 0.15) is 32.4 Å². The van der Waals surface area contributed by atoms with E-state index in [1.165, 1.54) is 0 Å². The Bertz CT molecular complexity index is 723. The molecule has 0 saturated carbocycles. The van der Waals surface area contributed by atoms with Crippen molar-refractivity contribution in [2.75, 3.05) is 26.9 Å². The van der Waals surface area contributed by atoms with Gasteiger partial charge >= 0.3 is 5.97 Å². The summed E-state index contributed by atoms with van der Waals surface area (Å²) in [7, 11) is 1.57. The van der Waals surface area contributed by atoms with Crippen LogP contribution in [0.25, 0.3) is 11.3 Å². The Balaban J connectivity index is 1.71. The Labute approximate surface area is 152 Å². The van der Waals surface area contributed by atoms with E-state index in [9.17, 15) is 4.79 Å². The van der Waals surface area contributed by atoms with Crippen LogP contribution in [-0.4, -0.2) is 47.9 Å². The average molecular weight is 361 g/mol. The second-order valence-electron chi connectivity index (χ2n) is 5.82. The molecule has 0 N–H and O–H groups in total. The van der Waals surface area contributed by atoms with Crippen LogP contribution < -0.4 is 9.47 Å². The number of hydrogen-bond donors (Lipinski definition) is 0. The van der Waals surface area contributed by atoms with Gasteiger partial charge in [-0.3, -0.25) is 0 Å². The highest BCUT2D eigenvalue weighted by atomic mass is 16.6. The van der Waals surface area contributed by atoms with Gasteiger partial charge in [0, 0.05) is 12.2 Å². The normalized spacial score (nSPS) is 16.9. The van der Waals surface area contributed by atoms with Crippen molar-refractivity contribution >= 4 is 5.97 Å². The molecule has 8 nitrogen and oxygen atoms in total. The minimum Gasteiger partial charge on any atom is -0.482 e. The van der Waals surface area contributed by atoms with E-state index in [0.29, 0.717) is 23.9 Å². The van der Waals surface area contributed by atoms with Gasteiger partial charge in [-0.25, -0.2) is 4.79 Å². The third-order valence-corrected chi connectivity index (χ3v) is 3.99. The zero-order chi connectivity index (χ0) is 18.4. The van der Waals surface area contributed by atoms with Crippen LogP contribution >= 0.6 is 0 Å². The Kier molecular flexibility index (Phi) is 6.06. The molecule has 0 amide bonds. The van der Waals surface area contributed by atoms with E-state index in [1.54, 1.807) is 31.0 Å². The lowest BCUT2D eigenvalue weighted by Crippen LogP contribution is -2.20. The van der Waals surface area contributed by atoms with Crippen molar-refractivity contribution in [2.24, 2.45) is 0 Å². The molecule has 1 atom stereocenters. The molecule has 1 aliphatic rings. The summed E-state index contributed by atoms with van der Waals surface area (Å²) in [6, 6.07) is 7.23. The van der Waals surface area contributed by atoms with Gasteiger partial charge in [-0.05, 0) is 50.5 Å². The van der Waals surface area contributed by atoms with E-state index in [-0.39, 0.29) is 12.8 Å². The molecule has 140 valence electrons. The first kappa shape index (κ1) is 18.2. The molecular formula is C18H23N3O5. The van der Waals surface area contributed by atoms with Gasteiger partial charge < -0.3 is 18.9 Å². The minimum atomic E-state index is -0.395. The van der Waals surface area contributed by atoms with E-state index >= 15 is 0 Å². The minimum absolute atomic E-state index is 0.119. The van der Waals surface area contributed by atoms with Crippen LogP contribution in [0, 0.1) is 0 Å². The Morgan fingerprint density at radius 2 is 2.08 bits per heavy atom. The molecule has 8 heteroatoms. The van der Waals surface area contributed by atoms with Crippen molar-refractivity contribution in [2.45, 2.75) is 32.4 Å². The summed E-state index contributed by atoms with van der Waals surface area (Å²) in [5, 5.41) is 8.94. The molecule has 2 aromatic rings. The number of carbonyl (C=O) groups excluding carboxylic acids is 1. The average Bonchev–Trinajstić information content (AvgIpc) is 3.12. The molecule has 1 aromatic carbocycles. The summed E-state index contributed by atoms with van der Waals surface area (Å²) < 4.78 is 21.3. The molecule has 3 rings (SSSR count). The van der Waals surface area contributed by atoms with Gasteiger partial charge in [0.25, 0.3) is 5.88 Å². The van der Waals surface area contributed by atoms with E-state index in [1.807, 2.05) is 12.1 Å². The third-order valence-electron chi connectivity index (χ3n) is 3.99. The standard InChI is InChI=1S/C18H23N3O5/c1-3-24-16(22)12-26-14-9-7-13(8-10-14)17-18(23-2)20-21(19-17)15-6-4-5-11-25-15/h7-10,15H,3-6,11-12H2,1-2H3. The number of ether oxygens (including phenoxy) is 4. The highest BCUT2D eigenvalue weighted by Crippen LogP contribution is 2.30. The van der Waals surface area contributed by atoms with Gasteiger partial charge in [0.1, 0.15) is 5.75 Å². The third kappa shape index (κ3) is 4.32. The fourth-order valence-corrected chi connectivity index (χ4v) is 2.72. The highest BCUT2D eigenvalue weighted by molar-refractivity contribution is 5.71. The fraction of sp³-hybridized carbons (Fsp3) is 0.500. The molecule has 1 aliphatic heterocycles. The van der Waals surface area contributed by atoms with Crippen LogP contribution in [0.2, 0.25) is 0 Å². The van der Waals surface area contributed by atoms with Crippen molar-refractivity contribution in [3.05, 3.63) is 24.3 Å². The topological polar surface area (TPSA) is 84.7 Å². The lowest BCUT2D eigenvalue weighted by molar-refractivity contribution is -0.145. The van der Waals surface area contributed by atoms with Gasteiger partial charge in [-0.2, -0.15) is 4.80 Å². The SMILES string of the molecule is CCOC(=O)COc1ccc(-c2nn(C3CCCCO3)nc2OC)cc1. The lowest BCUT2D eigenvalue weighted by atomic mass is 10.1. The molecule has 0 spiro atoms. The van der Waals surface area contributed by atoms with E-state index in [0.717, 1.165) is 31.4 Å². The summed E-state index contributed by atoms with van der Waals surface area (Å²) in [4.78, 5) is 12.9. The summed E-state index contributed by atoms with van der Waals surface area (Å²) in [5.74, 6) is 0.622. The Morgan fingerprint density at radius 1 is 1.27 bits per heavy atom. The number of methoxy groups -OCH3 is 1. The molecule has 1 aromatic heterocycles. The maximum Gasteiger partial charge on any atom is 0.344 e. The first-order valence-electron chi connectivity index (χ1n) is 8.72. The monoisotopic (exact) mass is 361 g/mol. The highest BCUT2D eigenvalue weighted by Gasteiger charge is 2.22. The quantitative estimate of drug-likeness (QED) is 0.701. The summed E-state index contributed by atoms with van der Waals surface area (Å²) in [6.07, 6.45) is 2.89. The second-order valence-corrected chi connectivity index (χ2v) is 5.82. The van der Waals surface area contributed by atoms with Crippen molar-refractivity contribution in [1.82, 2.24) is 15.0 Å². The lowest BCUT2D eigenvalue weighted by Gasteiger charge is -2.21. The summed E-state index contributed by atoms with van der Waals surface area (Å²) in [5.41, 5.74) is 1.48. The Morgan fingerprint density at radius 3 is 2.73 bits per heavy atom. The zero-order valence-corrected chi connectivity index (χ0v) is 15.0. The molecule has 0 aliphatic carbocycles. The molecule has 1 unspecified atom stereocenters. The summed E-state index contributed by atoms with van der Waals surface area (Å²) >= 11 is 0. The molecular weight excluding hydrogens is 338 g/mol. The largest absolute Gasteiger partial charge is 0.482 e. The zero-order valence-electron chi connectivity index (χ0n) is 15.0. The first-order valence-corrected chi connectivity index (χ1v) is 8.72. The van der Waals surface area contributed by atoms with Crippen molar-refractivity contribution in [3.8, 4) is 22.9 Å². The van der Waals surface area contributed by atoms with Crippen LogP contribution in [-0.2, 0) is 14.3 Å². The fourth-order valence-electron chi connectivity index (χ4n) is 2.72. The van der Waals surface area contributed by atoms with Crippen LogP contribution in [0.3, 0.4) is 0 Å². The number of carbonyl (C=O) groups is 1. The molecule has 0 radical (unpaired) electrons. The van der Waals surface area contributed by atoms with Crippen LogP contribution in [0.15, 0.2) is 24.3 Å². The van der Waals surface area contributed by atoms with Crippen molar-refractivity contribution in [1.29, 1.82) is 0 Å². The van der Waals surface area contributed by atoms with Gasteiger partial charge in [0.05, 0.1) is 13.7 Å². The second kappa shape index (κ2) is 8.66. The number of nitrogens with zero attached hydrogens (tertiary/aromatic N) is 3. The van der Waals surface area contributed by atoms with Crippen LogP contribution in [0.5, 0.6) is 11.6 Å². The predicted molar refractivity (Wildman–Crippen MR) is 93.0 cm³/mol. The van der Waals surface area contributed by atoms with Gasteiger partial charge in [-0.15, -0.1) is 10.2 Å². The number of hydrogen-bond acceptors (Lipinski definition) is 7. The number of aromatic nitrogens is 3. The molecule has 2 heterocycles. The van der Waals surface area contributed by atoms with Crippen molar-refractivity contribution < 1.29 is 23.7 Å². The predicted octanol–water partition coefficient (Wildman–Crippen LogP) is 2.59. The van der Waals surface area contributed by atoms with Gasteiger partial charge in [0.15, 0.2) is 18.5 Å². The molecule has 1 fully saturated rings. The number of rotatable bonds is 7. The van der Waals surface area contributed by atoms with E-state index in [2.05, 4.69) is 10.2 Å². The molecule has 1 saturated heterocycles. The van der Waals surface area contributed by atoms with E-state index < -0.39 is 5.97 Å². The first-order chi connectivity index (χ1) is 12.7. The van der Waals surface area contributed by atoms with Crippen molar-refractivity contribution in [3.63, 3.8) is 0 Å². The number of benzene rings is 1. The maximum atomic E-state index is 11.3. The van der Waals surface area contributed by atoms with Gasteiger partial charge in [-0.1, -0.05) is 0 Å². The molecule has 0 bridgehead atoms. The van der Waals surface area contributed by atoms with Gasteiger partial charge in [0.2, 0.25) is 0 Å². The van der Waals surface area contributed by atoms with Crippen LogP contribution in [0.4, 0.5) is 0 Å². The summed E-state index contributed by atoms with van der Waals surface area (Å²) in [6.45, 7) is 2.69. The maximum absolute atomic E-state index is 11.3. The van der Waals surface area contributed by atoms with E-state index in [4.69, 9.17) is 18.9 Å². The Hall–Kier alpha value is -2.61. The molecule has 26 heavy (non-hydrogen) atoms. The smallest absolute Gasteiger partial charge is 0.344 e. The number of esters is 1.